The van der Waals surface area contributed by atoms with Crippen LogP contribution in [0.2, 0.25) is 5.02 Å². The third-order valence-electron chi connectivity index (χ3n) is 2.57. The van der Waals surface area contributed by atoms with E-state index in [1.54, 1.807) is 42.5 Å². The van der Waals surface area contributed by atoms with E-state index in [4.69, 9.17) is 16.7 Å². The van der Waals surface area contributed by atoms with E-state index in [0.29, 0.717) is 21.8 Å². The highest BCUT2D eigenvalue weighted by Crippen LogP contribution is 2.21. The van der Waals surface area contributed by atoms with Gasteiger partial charge in [-0.25, -0.2) is 0 Å². The topological polar surface area (TPSA) is 49.3 Å². The van der Waals surface area contributed by atoms with E-state index >= 15 is 0 Å². The summed E-state index contributed by atoms with van der Waals surface area (Å²) in [5, 5.41) is 12.0. The zero-order valence-electron chi connectivity index (χ0n) is 10.6. The number of benzene rings is 2. The van der Waals surface area contributed by atoms with E-state index in [1.807, 2.05) is 6.07 Å². The van der Waals surface area contributed by atoms with Crippen molar-refractivity contribution in [2.45, 2.75) is 0 Å². The summed E-state index contributed by atoms with van der Waals surface area (Å²) in [5.41, 5.74) is 1.67. The molecule has 0 unspecified atom stereocenters. The molecule has 0 aromatic heterocycles. The van der Waals surface area contributed by atoms with Gasteiger partial charge in [0.05, 0.1) is 5.69 Å². The summed E-state index contributed by atoms with van der Waals surface area (Å²) in [6.45, 7) is -0.241. The van der Waals surface area contributed by atoms with Crippen LogP contribution in [0.5, 0.6) is 0 Å². The molecule has 4 heteroatoms. The van der Waals surface area contributed by atoms with Crippen molar-refractivity contribution in [2.75, 3.05) is 11.9 Å². The van der Waals surface area contributed by atoms with Crippen molar-refractivity contribution in [1.29, 1.82) is 0 Å². The summed E-state index contributed by atoms with van der Waals surface area (Å²) in [7, 11) is 0. The molecule has 0 atom stereocenters. The molecular weight excluding hydrogens is 274 g/mol. The lowest BCUT2D eigenvalue weighted by Crippen LogP contribution is -2.12. The normalized spacial score (nSPS) is 9.50. The molecule has 1 amide bonds. The predicted molar refractivity (Wildman–Crippen MR) is 79.8 cm³/mol. The van der Waals surface area contributed by atoms with Crippen molar-refractivity contribution in [3.05, 3.63) is 64.7 Å². The Kier molecular flexibility index (Phi) is 4.78. The SMILES string of the molecule is O=C(Nc1cc(Cl)ccc1C#CCO)c1ccccc1. The Morgan fingerprint density at radius 1 is 1.20 bits per heavy atom. The number of aliphatic hydroxyl groups is 1. The molecule has 0 aliphatic carbocycles. The molecule has 2 aromatic carbocycles. The van der Waals surface area contributed by atoms with Crippen molar-refractivity contribution in [1.82, 2.24) is 0 Å². The van der Waals surface area contributed by atoms with E-state index in [0.717, 1.165) is 0 Å². The zero-order valence-corrected chi connectivity index (χ0v) is 11.3. The molecule has 0 spiro atoms. The molecule has 20 heavy (non-hydrogen) atoms. The van der Waals surface area contributed by atoms with Gasteiger partial charge >= 0.3 is 0 Å². The number of carbonyl (C=O) groups excluding carboxylic acids is 1. The molecule has 0 bridgehead atoms. The molecule has 0 heterocycles. The Bertz CT molecular complexity index is 672. The van der Waals surface area contributed by atoms with Gasteiger partial charge in [0.15, 0.2) is 0 Å². The van der Waals surface area contributed by atoms with Crippen molar-refractivity contribution in [3.63, 3.8) is 0 Å². The molecule has 3 nitrogen and oxygen atoms in total. The molecule has 2 N–H and O–H groups in total. The van der Waals surface area contributed by atoms with Crippen LogP contribution in [0.3, 0.4) is 0 Å². The standard InChI is InChI=1S/C16H12ClNO2/c17-14-9-8-12(7-4-10-19)15(11-14)18-16(20)13-5-2-1-3-6-13/h1-3,5-6,8-9,11,19H,10H2,(H,18,20). The van der Waals surface area contributed by atoms with Crippen LogP contribution in [0.15, 0.2) is 48.5 Å². The van der Waals surface area contributed by atoms with Crippen LogP contribution < -0.4 is 5.32 Å². The fourth-order valence-corrected chi connectivity index (χ4v) is 1.82. The van der Waals surface area contributed by atoms with Gasteiger partial charge in [-0.1, -0.05) is 41.6 Å². The number of hydrogen-bond donors (Lipinski definition) is 2. The molecule has 2 rings (SSSR count). The van der Waals surface area contributed by atoms with Crippen LogP contribution in [0.1, 0.15) is 15.9 Å². The number of aliphatic hydroxyl groups excluding tert-OH is 1. The first-order valence-electron chi connectivity index (χ1n) is 5.96. The molecule has 2 aromatic rings. The fourth-order valence-electron chi connectivity index (χ4n) is 1.65. The molecule has 0 radical (unpaired) electrons. The first kappa shape index (κ1) is 14.1. The van der Waals surface area contributed by atoms with Gasteiger partial charge in [0, 0.05) is 16.1 Å². The van der Waals surface area contributed by atoms with Gasteiger partial charge in [0.1, 0.15) is 6.61 Å². The maximum Gasteiger partial charge on any atom is 0.255 e. The van der Waals surface area contributed by atoms with Crippen molar-refractivity contribution >= 4 is 23.2 Å². The molecule has 0 saturated heterocycles. The van der Waals surface area contributed by atoms with E-state index in [2.05, 4.69) is 17.2 Å². The molecule has 0 saturated carbocycles. The monoisotopic (exact) mass is 285 g/mol. The highest BCUT2D eigenvalue weighted by Gasteiger charge is 2.08. The Labute approximate surface area is 122 Å². The minimum atomic E-state index is -0.241. The largest absolute Gasteiger partial charge is 0.384 e. The highest BCUT2D eigenvalue weighted by atomic mass is 35.5. The summed E-state index contributed by atoms with van der Waals surface area (Å²) in [4.78, 5) is 12.1. The second-order valence-electron chi connectivity index (χ2n) is 3.97. The Balaban J connectivity index is 2.28. The zero-order chi connectivity index (χ0) is 14.4. The summed E-state index contributed by atoms with van der Waals surface area (Å²) >= 11 is 5.93. The molecular formula is C16H12ClNO2. The second-order valence-corrected chi connectivity index (χ2v) is 4.41. The summed E-state index contributed by atoms with van der Waals surface area (Å²) in [5.74, 6) is 5.09. The third kappa shape index (κ3) is 3.61. The van der Waals surface area contributed by atoms with Gasteiger partial charge in [-0.15, -0.1) is 0 Å². The predicted octanol–water partition coefficient (Wildman–Crippen LogP) is 2.94. The van der Waals surface area contributed by atoms with Gasteiger partial charge in [0.25, 0.3) is 5.91 Å². The number of anilines is 1. The lowest BCUT2D eigenvalue weighted by atomic mass is 10.1. The minimum Gasteiger partial charge on any atom is -0.384 e. The average Bonchev–Trinajstić information content (AvgIpc) is 2.47. The number of hydrogen-bond acceptors (Lipinski definition) is 2. The fraction of sp³-hybridized carbons (Fsp3) is 0.0625. The van der Waals surface area contributed by atoms with Gasteiger partial charge < -0.3 is 10.4 Å². The maximum absolute atomic E-state index is 12.1. The minimum absolute atomic E-state index is 0.236. The third-order valence-corrected chi connectivity index (χ3v) is 2.80. The van der Waals surface area contributed by atoms with E-state index in [-0.39, 0.29) is 12.5 Å². The van der Waals surface area contributed by atoms with Crippen molar-refractivity contribution in [2.24, 2.45) is 0 Å². The summed E-state index contributed by atoms with van der Waals surface area (Å²) in [6.07, 6.45) is 0. The number of nitrogens with one attached hydrogen (secondary N) is 1. The first-order valence-corrected chi connectivity index (χ1v) is 6.34. The molecule has 0 aliphatic rings. The average molecular weight is 286 g/mol. The lowest BCUT2D eigenvalue weighted by Gasteiger charge is -2.08. The number of halogens is 1. The van der Waals surface area contributed by atoms with Gasteiger partial charge in [-0.05, 0) is 30.3 Å². The van der Waals surface area contributed by atoms with Gasteiger partial charge in [-0.3, -0.25) is 4.79 Å². The van der Waals surface area contributed by atoms with Crippen LogP contribution in [-0.2, 0) is 0 Å². The summed E-state index contributed by atoms with van der Waals surface area (Å²) in [6, 6.07) is 13.9. The number of carbonyl (C=O) groups is 1. The van der Waals surface area contributed by atoms with Crippen LogP contribution in [0.25, 0.3) is 0 Å². The number of amides is 1. The van der Waals surface area contributed by atoms with Crippen molar-refractivity contribution in [3.8, 4) is 11.8 Å². The van der Waals surface area contributed by atoms with Gasteiger partial charge in [-0.2, -0.15) is 0 Å². The summed E-state index contributed by atoms with van der Waals surface area (Å²) < 4.78 is 0. The quantitative estimate of drug-likeness (QED) is 0.834. The molecule has 0 aliphatic heterocycles. The van der Waals surface area contributed by atoms with Crippen LogP contribution >= 0.6 is 11.6 Å². The Morgan fingerprint density at radius 3 is 2.65 bits per heavy atom. The first-order chi connectivity index (χ1) is 9.70. The molecule has 100 valence electrons. The van der Waals surface area contributed by atoms with E-state index in [1.165, 1.54) is 0 Å². The van der Waals surface area contributed by atoms with Crippen LogP contribution in [0.4, 0.5) is 5.69 Å². The van der Waals surface area contributed by atoms with E-state index < -0.39 is 0 Å². The number of rotatable bonds is 2. The maximum atomic E-state index is 12.1. The lowest BCUT2D eigenvalue weighted by molar-refractivity contribution is 0.102. The van der Waals surface area contributed by atoms with E-state index in [9.17, 15) is 4.79 Å². The van der Waals surface area contributed by atoms with Crippen LogP contribution in [-0.4, -0.2) is 17.6 Å². The van der Waals surface area contributed by atoms with Gasteiger partial charge in [0.2, 0.25) is 0 Å². The second kappa shape index (κ2) is 6.76. The van der Waals surface area contributed by atoms with Crippen molar-refractivity contribution < 1.29 is 9.90 Å². The molecule has 0 fully saturated rings. The smallest absolute Gasteiger partial charge is 0.255 e. The van der Waals surface area contributed by atoms with Crippen LogP contribution in [0, 0.1) is 11.8 Å². The Hall–Kier alpha value is -2.28. The highest BCUT2D eigenvalue weighted by molar-refractivity contribution is 6.31. The Morgan fingerprint density at radius 2 is 1.95 bits per heavy atom.